The van der Waals surface area contributed by atoms with E-state index in [0.717, 1.165) is 30.6 Å². The summed E-state index contributed by atoms with van der Waals surface area (Å²) in [5.41, 5.74) is 1.69. The minimum absolute atomic E-state index is 0. The number of hydrogen-bond acceptors (Lipinski definition) is 3. The number of rotatable bonds is 3. The van der Waals surface area contributed by atoms with Crippen molar-refractivity contribution in [2.24, 2.45) is 4.99 Å². The Kier molecular flexibility index (Phi) is 4.37. The number of benzene rings is 1. The highest BCUT2D eigenvalue weighted by Crippen LogP contribution is 2.47. The van der Waals surface area contributed by atoms with E-state index in [4.69, 9.17) is 11.6 Å². The molecule has 0 radical (unpaired) electrons. The van der Waals surface area contributed by atoms with Crippen molar-refractivity contribution in [1.82, 2.24) is 10.6 Å². The first-order valence-corrected chi connectivity index (χ1v) is 6.45. The van der Waals surface area contributed by atoms with Crippen LogP contribution in [0.25, 0.3) is 0 Å². The molecule has 3 rings (SSSR count). The van der Waals surface area contributed by atoms with E-state index in [1.807, 2.05) is 12.1 Å². The third-order valence-corrected chi connectivity index (χ3v) is 3.83. The number of aliphatic imine (C=N–C) groups is 1. The van der Waals surface area contributed by atoms with E-state index < -0.39 is 0 Å². The summed E-state index contributed by atoms with van der Waals surface area (Å²) in [7, 11) is 0. The Bertz CT molecular complexity index is 440. The first-order chi connectivity index (χ1) is 8.28. The number of guanidine groups is 1. The van der Waals surface area contributed by atoms with Crippen LogP contribution in [0.3, 0.4) is 0 Å². The molecule has 2 N–H and O–H groups in total. The Hall–Kier alpha value is -0.490. The van der Waals surface area contributed by atoms with Crippen molar-refractivity contribution in [3.63, 3.8) is 0 Å². The molecule has 98 valence electrons. The monoisotopic (exact) mass is 377 g/mol. The SMILES string of the molecule is Clc1ccc(C2(CNC3=NCCN3)CC2)cc1.I. The third-order valence-electron chi connectivity index (χ3n) is 3.58. The van der Waals surface area contributed by atoms with Crippen LogP contribution in [0.15, 0.2) is 29.3 Å². The summed E-state index contributed by atoms with van der Waals surface area (Å²) in [6.07, 6.45) is 2.49. The van der Waals surface area contributed by atoms with E-state index in [0.29, 0.717) is 5.41 Å². The largest absolute Gasteiger partial charge is 0.356 e. The summed E-state index contributed by atoms with van der Waals surface area (Å²) >= 11 is 5.92. The number of nitrogens with one attached hydrogen (secondary N) is 2. The lowest BCUT2D eigenvalue weighted by Crippen LogP contribution is -2.38. The van der Waals surface area contributed by atoms with Gasteiger partial charge in [0.1, 0.15) is 0 Å². The van der Waals surface area contributed by atoms with Gasteiger partial charge < -0.3 is 10.6 Å². The lowest BCUT2D eigenvalue weighted by Gasteiger charge is -2.17. The van der Waals surface area contributed by atoms with Gasteiger partial charge >= 0.3 is 0 Å². The van der Waals surface area contributed by atoms with Crippen LogP contribution in [0.4, 0.5) is 0 Å². The van der Waals surface area contributed by atoms with Crippen LogP contribution >= 0.6 is 35.6 Å². The van der Waals surface area contributed by atoms with Gasteiger partial charge in [-0.1, -0.05) is 23.7 Å². The molecule has 0 saturated heterocycles. The lowest BCUT2D eigenvalue weighted by molar-refractivity contribution is 0.653. The zero-order valence-corrected chi connectivity index (χ0v) is 13.2. The summed E-state index contributed by atoms with van der Waals surface area (Å²) in [4.78, 5) is 4.35. The van der Waals surface area contributed by atoms with Gasteiger partial charge in [0.05, 0.1) is 6.54 Å². The normalized spacial score (nSPS) is 19.5. The maximum atomic E-state index is 5.92. The van der Waals surface area contributed by atoms with Crippen LogP contribution in [0.2, 0.25) is 5.02 Å². The van der Waals surface area contributed by atoms with Crippen LogP contribution in [0.5, 0.6) is 0 Å². The summed E-state index contributed by atoms with van der Waals surface area (Å²) in [5, 5.41) is 7.44. The maximum absolute atomic E-state index is 5.92. The highest BCUT2D eigenvalue weighted by Gasteiger charge is 2.44. The first kappa shape index (κ1) is 13.9. The van der Waals surface area contributed by atoms with E-state index in [1.165, 1.54) is 18.4 Å². The number of halogens is 2. The van der Waals surface area contributed by atoms with E-state index in [2.05, 4.69) is 27.8 Å². The van der Waals surface area contributed by atoms with Crippen molar-refractivity contribution in [2.45, 2.75) is 18.3 Å². The highest BCUT2D eigenvalue weighted by atomic mass is 127. The maximum Gasteiger partial charge on any atom is 0.191 e. The fourth-order valence-electron chi connectivity index (χ4n) is 2.29. The molecule has 2 aliphatic rings. The van der Waals surface area contributed by atoms with Crippen molar-refractivity contribution >= 4 is 41.5 Å². The second kappa shape index (κ2) is 5.65. The summed E-state index contributed by atoms with van der Waals surface area (Å²) in [6.45, 7) is 2.80. The van der Waals surface area contributed by atoms with Crippen molar-refractivity contribution in [1.29, 1.82) is 0 Å². The van der Waals surface area contributed by atoms with Crippen LogP contribution in [0.1, 0.15) is 18.4 Å². The molecular formula is C13H17ClIN3. The smallest absolute Gasteiger partial charge is 0.191 e. The average Bonchev–Trinajstić information content (AvgIpc) is 2.95. The second-order valence-electron chi connectivity index (χ2n) is 4.80. The molecule has 1 aliphatic carbocycles. The summed E-state index contributed by atoms with van der Waals surface area (Å²) in [5.74, 6) is 0.949. The molecule has 1 aromatic rings. The molecule has 1 heterocycles. The fourth-order valence-corrected chi connectivity index (χ4v) is 2.42. The molecule has 3 nitrogen and oxygen atoms in total. The highest BCUT2D eigenvalue weighted by molar-refractivity contribution is 14.0. The van der Waals surface area contributed by atoms with E-state index in [9.17, 15) is 0 Å². The predicted octanol–water partition coefficient (Wildman–Crippen LogP) is 2.54. The fraction of sp³-hybridized carbons (Fsp3) is 0.462. The van der Waals surface area contributed by atoms with Crippen LogP contribution in [-0.4, -0.2) is 25.6 Å². The summed E-state index contributed by atoms with van der Waals surface area (Å²) < 4.78 is 0. The van der Waals surface area contributed by atoms with Gasteiger partial charge in [0.25, 0.3) is 0 Å². The Morgan fingerprint density at radius 3 is 2.56 bits per heavy atom. The zero-order chi connectivity index (χ0) is 11.7. The number of nitrogens with zero attached hydrogens (tertiary/aromatic N) is 1. The standard InChI is InChI=1S/C13H16ClN3.HI/c14-11-3-1-10(2-4-11)13(5-6-13)9-17-12-15-7-8-16-12;/h1-4H,5-9H2,(H2,15,16,17);1H. The molecule has 1 fully saturated rings. The molecule has 0 unspecified atom stereocenters. The van der Waals surface area contributed by atoms with Gasteiger partial charge in [-0.15, -0.1) is 24.0 Å². The van der Waals surface area contributed by atoms with E-state index in [1.54, 1.807) is 0 Å². The van der Waals surface area contributed by atoms with Crippen molar-refractivity contribution < 1.29 is 0 Å². The minimum atomic E-state index is 0. The topological polar surface area (TPSA) is 36.4 Å². The molecule has 0 bridgehead atoms. The molecule has 5 heteroatoms. The minimum Gasteiger partial charge on any atom is -0.356 e. The first-order valence-electron chi connectivity index (χ1n) is 6.07. The zero-order valence-electron chi connectivity index (χ0n) is 10.1. The van der Waals surface area contributed by atoms with Gasteiger partial charge in [-0.2, -0.15) is 0 Å². The molecule has 0 amide bonds. The molecule has 0 spiro atoms. The van der Waals surface area contributed by atoms with Crippen molar-refractivity contribution in [2.75, 3.05) is 19.6 Å². The predicted molar refractivity (Wildman–Crippen MR) is 86.1 cm³/mol. The molecule has 0 atom stereocenters. The van der Waals surface area contributed by atoms with Gasteiger partial charge in [-0.3, -0.25) is 4.99 Å². The molecule has 1 aliphatic heterocycles. The average molecular weight is 378 g/mol. The van der Waals surface area contributed by atoms with E-state index in [-0.39, 0.29) is 24.0 Å². The molecule has 1 aromatic carbocycles. The van der Waals surface area contributed by atoms with E-state index >= 15 is 0 Å². The van der Waals surface area contributed by atoms with Crippen LogP contribution in [0, 0.1) is 0 Å². The van der Waals surface area contributed by atoms with Gasteiger partial charge in [0.2, 0.25) is 0 Å². The molecular weight excluding hydrogens is 361 g/mol. The Morgan fingerprint density at radius 2 is 2.00 bits per heavy atom. The summed E-state index contributed by atoms with van der Waals surface area (Å²) in [6, 6.07) is 8.23. The molecule has 0 aromatic heterocycles. The van der Waals surface area contributed by atoms with Crippen molar-refractivity contribution in [3.05, 3.63) is 34.9 Å². The van der Waals surface area contributed by atoms with Crippen LogP contribution in [-0.2, 0) is 5.41 Å². The van der Waals surface area contributed by atoms with Gasteiger partial charge in [-0.05, 0) is 30.5 Å². The van der Waals surface area contributed by atoms with Gasteiger partial charge in [0.15, 0.2) is 5.96 Å². The van der Waals surface area contributed by atoms with Gasteiger partial charge in [-0.25, -0.2) is 0 Å². The van der Waals surface area contributed by atoms with Gasteiger partial charge in [0, 0.05) is 23.5 Å². The Labute approximate surface area is 129 Å². The number of hydrogen-bond donors (Lipinski definition) is 2. The second-order valence-corrected chi connectivity index (χ2v) is 5.23. The van der Waals surface area contributed by atoms with Crippen molar-refractivity contribution in [3.8, 4) is 0 Å². The Balaban J connectivity index is 0.00000120. The lowest BCUT2D eigenvalue weighted by atomic mass is 9.96. The van der Waals surface area contributed by atoms with Crippen LogP contribution < -0.4 is 10.6 Å². The quantitative estimate of drug-likeness (QED) is 0.794. The molecule has 1 saturated carbocycles. The molecule has 18 heavy (non-hydrogen) atoms. The Morgan fingerprint density at radius 1 is 1.28 bits per heavy atom. The third kappa shape index (κ3) is 2.91.